The summed E-state index contributed by atoms with van der Waals surface area (Å²) in [5.41, 5.74) is 1.65. The van der Waals surface area contributed by atoms with E-state index in [2.05, 4.69) is 15.3 Å². The van der Waals surface area contributed by atoms with Crippen LogP contribution in [0.15, 0.2) is 42.5 Å². The number of para-hydroxylation sites is 2. The molecule has 1 heterocycles. The first-order chi connectivity index (χ1) is 13.5. The van der Waals surface area contributed by atoms with Gasteiger partial charge in [0.15, 0.2) is 5.75 Å². The van der Waals surface area contributed by atoms with Crippen LogP contribution in [0.25, 0.3) is 11.0 Å². The van der Waals surface area contributed by atoms with Gasteiger partial charge >= 0.3 is 5.69 Å². The zero-order valence-corrected chi connectivity index (χ0v) is 16.3. The summed E-state index contributed by atoms with van der Waals surface area (Å²) in [4.78, 5) is 31.2. The first kappa shape index (κ1) is 19.7. The number of carbonyl (C=O) groups excluding carboxylic acids is 1. The number of imidazole rings is 1. The zero-order chi connectivity index (χ0) is 20.1. The number of ether oxygens (including phenoxy) is 1. The molecule has 1 amide bonds. The fourth-order valence-electron chi connectivity index (χ4n) is 2.87. The van der Waals surface area contributed by atoms with Crippen molar-refractivity contribution in [3.8, 4) is 5.75 Å². The van der Waals surface area contributed by atoms with E-state index in [1.165, 1.54) is 25.3 Å². The summed E-state index contributed by atoms with van der Waals surface area (Å²) in [5.74, 6) is 1.19. The molecule has 0 saturated heterocycles. The number of amides is 1. The molecule has 2 N–H and O–H groups in total. The lowest BCUT2D eigenvalue weighted by molar-refractivity contribution is -0.385. The van der Waals surface area contributed by atoms with Crippen molar-refractivity contribution in [2.24, 2.45) is 0 Å². The highest BCUT2D eigenvalue weighted by Gasteiger charge is 2.22. The number of carbonyl (C=O) groups is 1. The number of nitrogens with zero attached hydrogens (tertiary/aromatic N) is 2. The topological polar surface area (TPSA) is 110 Å². The molecule has 0 saturated carbocycles. The average Bonchev–Trinajstić information content (AvgIpc) is 3.14. The number of hydrogen-bond donors (Lipinski definition) is 2. The van der Waals surface area contributed by atoms with Crippen molar-refractivity contribution in [2.75, 3.05) is 19.1 Å². The molecule has 0 fully saturated rings. The number of benzene rings is 2. The van der Waals surface area contributed by atoms with Gasteiger partial charge in [0.05, 0.1) is 29.1 Å². The lowest BCUT2D eigenvalue weighted by Crippen LogP contribution is -2.29. The van der Waals surface area contributed by atoms with Gasteiger partial charge in [-0.3, -0.25) is 14.9 Å². The predicted octanol–water partition coefficient (Wildman–Crippen LogP) is 3.70. The number of nitro benzene ring substituents is 1. The second-order valence-electron chi connectivity index (χ2n) is 6.09. The number of nitro groups is 1. The Labute approximate surface area is 165 Å². The molecule has 9 heteroatoms. The van der Waals surface area contributed by atoms with E-state index in [9.17, 15) is 14.9 Å². The molecule has 28 heavy (non-hydrogen) atoms. The highest BCUT2D eigenvalue weighted by Crippen LogP contribution is 2.28. The number of nitrogens with one attached hydrogen (secondary N) is 2. The molecule has 2 aromatic carbocycles. The van der Waals surface area contributed by atoms with Crippen LogP contribution in [0.3, 0.4) is 0 Å². The van der Waals surface area contributed by atoms with Gasteiger partial charge in [0, 0.05) is 11.6 Å². The molecule has 0 radical (unpaired) electrons. The number of rotatable bonds is 8. The largest absolute Gasteiger partial charge is 0.490 e. The van der Waals surface area contributed by atoms with Crippen molar-refractivity contribution in [3.05, 3.63) is 64.0 Å². The van der Waals surface area contributed by atoms with Gasteiger partial charge in [0.1, 0.15) is 5.82 Å². The maximum absolute atomic E-state index is 12.8. The Kier molecular flexibility index (Phi) is 6.15. The highest BCUT2D eigenvalue weighted by molar-refractivity contribution is 7.98. The van der Waals surface area contributed by atoms with Crippen LogP contribution in [0.2, 0.25) is 0 Å². The summed E-state index contributed by atoms with van der Waals surface area (Å²) in [6, 6.07) is 11.4. The maximum atomic E-state index is 12.8. The molecule has 8 nitrogen and oxygen atoms in total. The van der Waals surface area contributed by atoms with E-state index in [1.807, 2.05) is 30.5 Å². The Balaban J connectivity index is 1.87. The van der Waals surface area contributed by atoms with E-state index in [0.29, 0.717) is 12.2 Å². The number of H-pyrrole nitrogens is 1. The Bertz CT molecular complexity index is 972. The van der Waals surface area contributed by atoms with E-state index in [4.69, 9.17) is 4.74 Å². The van der Waals surface area contributed by atoms with Crippen LogP contribution in [0.1, 0.15) is 28.6 Å². The third-order valence-electron chi connectivity index (χ3n) is 4.29. The molecule has 0 aliphatic heterocycles. The van der Waals surface area contributed by atoms with Crippen molar-refractivity contribution in [2.45, 2.75) is 12.5 Å². The van der Waals surface area contributed by atoms with Crippen LogP contribution in [0.4, 0.5) is 5.69 Å². The molecule has 0 spiro atoms. The van der Waals surface area contributed by atoms with Crippen LogP contribution in [-0.2, 0) is 0 Å². The average molecular weight is 400 g/mol. The standard InChI is InChI=1S/C19H20N4O4S/c1-27-17-8-7-12(11-16(17)23(25)26)19(24)22-15(9-10-28-2)18-20-13-5-3-4-6-14(13)21-18/h3-8,11,15H,9-10H2,1-2H3,(H,20,21)(H,22,24). The van der Waals surface area contributed by atoms with Gasteiger partial charge in [0.2, 0.25) is 0 Å². The summed E-state index contributed by atoms with van der Waals surface area (Å²) < 4.78 is 4.99. The molecule has 0 bridgehead atoms. The van der Waals surface area contributed by atoms with Crippen molar-refractivity contribution >= 4 is 34.4 Å². The molecule has 0 aliphatic rings. The van der Waals surface area contributed by atoms with E-state index < -0.39 is 10.8 Å². The summed E-state index contributed by atoms with van der Waals surface area (Å²) in [5, 5.41) is 14.2. The minimum absolute atomic E-state index is 0.109. The monoisotopic (exact) mass is 400 g/mol. The maximum Gasteiger partial charge on any atom is 0.311 e. The zero-order valence-electron chi connectivity index (χ0n) is 15.5. The fourth-order valence-corrected chi connectivity index (χ4v) is 3.34. The first-order valence-corrected chi connectivity index (χ1v) is 9.99. The van der Waals surface area contributed by atoms with Crippen molar-refractivity contribution < 1.29 is 14.5 Å². The Morgan fingerprint density at radius 3 is 2.82 bits per heavy atom. The number of aromatic nitrogens is 2. The van der Waals surface area contributed by atoms with E-state index >= 15 is 0 Å². The van der Waals surface area contributed by atoms with Crippen LogP contribution in [-0.4, -0.2) is 39.9 Å². The van der Waals surface area contributed by atoms with Crippen molar-refractivity contribution in [3.63, 3.8) is 0 Å². The second-order valence-corrected chi connectivity index (χ2v) is 7.08. The number of fused-ring (bicyclic) bond motifs is 1. The summed E-state index contributed by atoms with van der Waals surface area (Å²) in [7, 11) is 1.35. The number of aromatic amines is 1. The molecule has 1 unspecified atom stereocenters. The minimum atomic E-state index is -0.569. The van der Waals surface area contributed by atoms with E-state index in [1.54, 1.807) is 11.8 Å². The van der Waals surface area contributed by atoms with Crippen LogP contribution >= 0.6 is 11.8 Å². The Morgan fingerprint density at radius 1 is 1.36 bits per heavy atom. The molecular weight excluding hydrogens is 380 g/mol. The van der Waals surface area contributed by atoms with Gasteiger partial charge in [-0.15, -0.1) is 0 Å². The normalized spacial score (nSPS) is 11.9. The highest BCUT2D eigenvalue weighted by atomic mass is 32.2. The summed E-state index contributed by atoms with van der Waals surface area (Å²) in [6.07, 6.45) is 2.66. The minimum Gasteiger partial charge on any atom is -0.490 e. The summed E-state index contributed by atoms with van der Waals surface area (Å²) >= 11 is 1.67. The van der Waals surface area contributed by atoms with Crippen molar-refractivity contribution in [1.29, 1.82) is 0 Å². The van der Waals surface area contributed by atoms with Gasteiger partial charge < -0.3 is 15.0 Å². The molecule has 1 atom stereocenters. The van der Waals surface area contributed by atoms with Gasteiger partial charge in [-0.25, -0.2) is 4.98 Å². The lowest BCUT2D eigenvalue weighted by atomic mass is 10.1. The van der Waals surface area contributed by atoms with E-state index in [-0.39, 0.29) is 23.0 Å². The molecule has 1 aromatic heterocycles. The van der Waals surface area contributed by atoms with Gasteiger partial charge in [-0.05, 0) is 42.7 Å². The molecule has 0 aliphatic carbocycles. The van der Waals surface area contributed by atoms with Crippen LogP contribution < -0.4 is 10.1 Å². The predicted molar refractivity (Wildman–Crippen MR) is 109 cm³/mol. The van der Waals surface area contributed by atoms with Gasteiger partial charge in [-0.1, -0.05) is 12.1 Å². The SMILES string of the molecule is COc1ccc(C(=O)NC(CCSC)c2nc3ccccc3[nH]2)cc1[N+](=O)[O-]. The molecule has 3 aromatic rings. The number of thioether (sulfide) groups is 1. The second kappa shape index (κ2) is 8.75. The number of methoxy groups -OCH3 is 1. The van der Waals surface area contributed by atoms with Crippen LogP contribution in [0, 0.1) is 10.1 Å². The molecule has 146 valence electrons. The Hall–Kier alpha value is -3.07. The van der Waals surface area contributed by atoms with Crippen molar-refractivity contribution in [1.82, 2.24) is 15.3 Å². The third-order valence-corrected chi connectivity index (χ3v) is 4.94. The third kappa shape index (κ3) is 4.25. The Morgan fingerprint density at radius 2 is 2.14 bits per heavy atom. The van der Waals surface area contributed by atoms with Gasteiger partial charge in [-0.2, -0.15) is 11.8 Å². The van der Waals surface area contributed by atoms with Gasteiger partial charge in [0.25, 0.3) is 5.91 Å². The number of hydrogen-bond acceptors (Lipinski definition) is 6. The fraction of sp³-hybridized carbons (Fsp3) is 0.263. The quantitative estimate of drug-likeness (QED) is 0.441. The first-order valence-electron chi connectivity index (χ1n) is 8.60. The van der Waals surface area contributed by atoms with E-state index in [0.717, 1.165) is 16.8 Å². The molecule has 3 rings (SSSR count). The lowest BCUT2D eigenvalue weighted by Gasteiger charge is -2.16. The van der Waals surface area contributed by atoms with Crippen LogP contribution in [0.5, 0.6) is 5.75 Å². The molecular formula is C19H20N4O4S. The summed E-state index contributed by atoms with van der Waals surface area (Å²) in [6.45, 7) is 0. The smallest absolute Gasteiger partial charge is 0.311 e.